The molecular formula is C16H18N2O. The summed E-state index contributed by atoms with van der Waals surface area (Å²) in [7, 11) is 0. The minimum absolute atomic E-state index is 0.104. The first kappa shape index (κ1) is 13.3. The van der Waals surface area contributed by atoms with Crippen LogP contribution in [0.5, 0.6) is 0 Å². The Bertz CT molecular complexity index is 497. The van der Waals surface area contributed by atoms with Crippen molar-refractivity contribution >= 4 is 5.91 Å². The van der Waals surface area contributed by atoms with Gasteiger partial charge in [-0.25, -0.2) is 0 Å². The summed E-state index contributed by atoms with van der Waals surface area (Å²) in [5.74, 6) is 0.104. The Morgan fingerprint density at radius 1 is 1.00 bits per heavy atom. The van der Waals surface area contributed by atoms with Gasteiger partial charge in [0.2, 0.25) is 5.91 Å². The number of nitrogens with one attached hydrogen (secondary N) is 1. The first-order valence-electron chi connectivity index (χ1n) is 6.54. The molecule has 0 aliphatic heterocycles. The lowest BCUT2D eigenvalue weighted by Gasteiger charge is -2.05. The van der Waals surface area contributed by atoms with Gasteiger partial charge in [0.1, 0.15) is 0 Å². The van der Waals surface area contributed by atoms with E-state index < -0.39 is 0 Å². The van der Waals surface area contributed by atoms with Crippen LogP contribution in [0.15, 0.2) is 54.9 Å². The van der Waals surface area contributed by atoms with Crippen LogP contribution >= 0.6 is 0 Å². The largest absolute Gasteiger partial charge is 0.356 e. The molecule has 0 aliphatic rings. The molecule has 98 valence electrons. The molecule has 0 bridgehead atoms. The highest BCUT2D eigenvalue weighted by Crippen LogP contribution is 2.02. The van der Waals surface area contributed by atoms with Gasteiger partial charge >= 0.3 is 0 Å². The number of amides is 1. The number of rotatable bonds is 6. The number of carbonyl (C=O) groups is 1. The Kier molecular flexibility index (Phi) is 5.11. The molecule has 0 unspecified atom stereocenters. The number of hydrogen-bond acceptors (Lipinski definition) is 2. The smallest absolute Gasteiger partial charge is 0.220 e. The monoisotopic (exact) mass is 254 g/mol. The molecule has 0 aliphatic carbocycles. The Hall–Kier alpha value is -2.16. The third-order valence-corrected chi connectivity index (χ3v) is 2.94. The Morgan fingerprint density at radius 2 is 1.79 bits per heavy atom. The van der Waals surface area contributed by atoms with Crippen molar-refractivity contribution in [2.75, 3.05) is 6.54 Å². The number of aromatic nitrogens is 1. The van der Waals surface area contributed by atoms with E-state index in [1.165, 1.54) is 5.56 Å². The summed E-state index contributed by atoms with van der Waals surface area (Å²) in [5, 5.41) is 2.93. The molecule has 2 aromatic rings. The summed E-state index contributed by atoms with van der Waals surface area (Å²) >= 11 is 0. The molecule has 0 fully saturated rings. The number of nitrogens with zero attached hydrogens (tertiary/aromatic N) is 1. The second-order valence-electron chi connectivity index (χ2n) is 4.45. The number of hydrogen-bond donors (Lipinski definition) is 1. The van der Waals surface area contributed by atoms with Crippen molar-refractivity contribution in [2.24, 2.45) is 0 Å². The van der Waals surface area contributed by atoms with E-state index in [0.717, 1.165) is 18.4 Å². The lowest BCUT2D eigenvalue weighted by Crippen LogP contribution is -2.25. The standard InChI is InChI=1S/C16H18N2O/c19-16(9-8-14-5-2-1-3-6-14)18-12-10-15-7-4-11-17-13-15/h1-7,11,13H,8-10,12H2,(H,18,19). The molecule has 0 saturated carbocycles. The average Bonchev–Trinajstić information content (AvgIpc) is 2.47. The first-order valence-corrected chi connectivity index (χ1v) is 6.54. The second-order valence-corrected chi connectivity index (χ2v) is 4.45. The van der Waals surface area contributed by atoms with E-state index in [1.54, 1.807) is 6.20 Å². The van der Waals surface area contributed by atoms with Crippen LogP contribution in [0.3, 0.4) is 0 Å². The molecule has 19 heavy (non-hydrogen) atoms. The molecule has 1 amide bonds. The normalized spacial score (nSPS) is 10.1. The third-order valence-electron chi connectivity index (χ3n) is 2.94. The van der Waals surface area contributed by atoms with Gasteiger partial charge in [-0.2, -0.15) is 0 Å². The molecule has 2 rings (SSSR count). The zero-order valence-electron chi connectivity index (χ0n) is 10.9. The second kappa shape index (κ2) is 7.31. The Labute approximate surface area is 113 Å². The van der Waals surface area contributed by atoms with E-state index in [9.17, 15) is 4.79 Å². The summed E-state index contributed by atoms with van der Waals surface area (Å²) in [5.41, 5.74) is 2.34. The highest BCUT2D eigenvalue weighted by molar-refractivity contribution is 5.76. The maximum absolute atomic E-state index is 11.7. The van der Waals surface area contributed by atoms with Gasteiger partial charge in [-0.05, 0) is 30.0 Å². The number of benzene rings is 1. The van der Waals surface area contributed by atoms with Crippen molar-refractivity contribution in [3.05, 3.63) is 66.0 Å². The van der Waals surface area contributed by atoms with Gasteiger partial charge in [0.15, 0.2) is 0 Å². The third kappa shape index (κ3) is 4.92. The topological polar surface area (TPSA) is 42.0 Å². The molecule has 1 aromatic carbocycles. The van der Waals surface area contributed by atoms with Crippen molar-refractivity contribution in [3.8, 4) is 0 Å². The molecule has 3 heteroatoms. The molecule has 0 spiro atoms. The van der Waals surface area contributed by atoms with Gasteiger partial charge in [-0.3, -0.25) is 9.78 Å². The van der Waals surface area contributed by atoms with Crippen LogP contribution in [-0.2, 0) is 17.6 Å². The summed E-state index contributed by atoms with van der Waals surface area (Å²) in [6.07, 6.45) is 5.74. The molecule has 3 nitrogen and oxygen atoms in total. The van der Waals surface area contributed by atoms with Crippen LogP contribution in [0.2, 0.25) is 0 Å². The van der Waals surface area contributed by atoms with Gasteiger partial charge in [0.05, 0.1) is 0 Å². The van der Waals surface area contributed by atoms with Crippen molar-refractivity contribution in [2.45, 2.75) is 19.3 Å². The molecule has 0 atom stereocenters. The van der Waals surface area contributed by atoms with E-state index in [2.05, 4.69) is 10.3 Å². The van der Waals surface area contributed by atoms with Crippen LogP contribution in [0.25, 0.3) is 0 Å². The van der Waals surface area contributed by atoms with Crippen LogP contribution in [0.1, 0.15) is 17.5 Å². The zero-order chi connectivity index (χ0) is 13.3. The molecule has 0 saturated heterocycles. The molecule has 1 N–H and O–H groups in total. The zero-order valence-corrected chi connectivity index (χ0v) is 10.9. The summed E-state index contributed by atoms with van der Waals surface area (Å²) < 4.78 is 0. The summed E-state index contributed by atoms with van der Waals surface area (Å²) in [6.45, 7) is 0.666. The summed E-state index contributed by atoms with van der Waals surface area (Å²) in [4.78, 5) is 15.7. The van der Waals surface area contributed by atoms with Gasteiger partial charge in [0.25, 0.3) is 0 Å². The van der Waals surface area contributed by atoms with Crippen molar-refractivity contribution in [1.29, 1.82) is 0 Å². The maximum Gasteiger partial charge on any atom is 0.220 e. The predicted molar refractivity (Wildman–Crippen MR) is 75.7 cm³/mol. The molecule has 0 radical (unpaired) electrons. The highest BCUT2D eigenvalue weighted by Gasteiger charge is 2.01. The van der Waals surface area contributed by atoms with Crippen LogP contribution < -0.4 is 5.32 Å². The lowest BCUT2D eigenvalue weighted by molar-refractivity contribution is -0.121. The van der Waals surface area contributed by atoms with Crippen molar-refractivity contribution in [1.82, 2.24) is 10.3 Å². The Morgan fingerprint density at radius 3 is 2.53 bits per heavy atom. The van der Waals surface area contributed by atoms with Crippen LogP contribution in [0.4, 0.5) is 0 Å². The Balaban J connectivity index is 1.65. The van der Waals surface area contributed by atoms with E-state index in [-0.39, 0.29) is 5.91 Å². The quantitative estimate of drug-likeness (QED) is 0.860. The average molecular weight is 254 g/mol. The number of aryl methyl sites for hydroxylation is 1. The highest BCUT2D eigenvalue weighted by atomic mass is 16.1. The van der Waals surface area contributed by atoms with Gasteiger partial charge in [0, 0.05) is 25.4 Å². The molecular weight excluding hydrogens is 236 g/mol. The van der Waals surface area contributed by atoms with Crippen molar-refractivity contribution in [3.63, 3.8) is 0 Å². The minimum atomic E-state index is 0.104. The van der Waals surface area contributed by atoms with E-state index in [4.69, 9.17) is 0 Å². The van der Waals surface area contributed by atoms with Crippen molar-refractivity contribution < 1.29 is 4.79 Å². The number of pyridine rings is 1. The van der Waals surface area contributed by atoms with E-state index in [1.807, 2.05) is 48.7 Å². The molecule has 1 aromatic heterocycles. The van der Waals surface area contributed by atoms with Gasteiger partial charge in [-0.1, -0.05) is 36.4 Å². The summed E-state index contributed by atoms with van der Waals surface area (Å²) in [6, 6.07) is 14.0. The van der Waals surface area contributed by atoms with E-state index >= 15 is 0 Å². The minimum Gasteiger partial charge on any atom is -0.356 e. The predicted octanol–water partition coefficient (Wildman–Crippen LogP) is 2.37. The fraction of sp³-hybridized carbons (Fsp3) is 0.250. The van der Waals surface area contributed by atoms with Crippen LogP contribution in [0, 0.1) is 0 Å². The lowest BCUT2D eigenvalue weighted by atomic mass is 10.1. The fourth-order valence-corrected chi connectivity index (χ4v) is 1.88. The SMILES string of the molecule is O=C(CCc1ccccc1)NCCc1cccnc1. The molecule has 1 heterocycles. The van der Waals surface area contributed by atoms with E-state index in [0.29, 0.717) is 13.0 Å². The van der Waals surface area contributed by atoms with Crippen LogP contribution in [-0.4, -0.2) is 17.4 Å². The first-order chi connectivity index (χ1) is 9.34. The number of carbonyl (C=O) groups excluding carboxylic acids is 1. The van der Waals surface area contributed by atoms with Gasteiger partial charge in [-0.15, -0.1) is 0 Å². The maximum atomic E-state index is 11.7. The van der Waals surface area contributed by atoms with Gasteiger partial charge < -0.3 is 5.32 Å². The fourth-order valence-electron chi connectivity index (χ4n) is 1.88.